The normalized spacial score (nSPS) is 14.8. The second kappa shape index (κ2) is 2.77. The first-order valence-electron chi connectivity index (χ1n) is 3.66. The van der Waals surface area contributed by atoms with Gasteiger partial charge in [0.1, 0.15) is 12.0 Å². The number of esters is 1. The van der Waals surface area contributed by atoms with E-state index in [0.717, 1.165) is 5.56 Å². The van der Waals surface area contributed by atoms with Crippen molar-refractivity contribution in [2.45, 2.75) is 6.54 Å². The Morgan fingerprint density at radius 3 is 3.08 bits per heavy atom. The lowest BCUT2D eigenvalue weighted by Gasteiger charge is -2.02. The lowest BCUT2D eigenvalue weighted by Crippen LogP contribution is -2.07. The summed E-state index contributed by atoms with van der Waals surface area (Å²) in [5.74, 6) is 0.208. The van der Waals surface area contributed by atoms with Gasteiger partial charge in [-0.1, -0.05) is 18.2 Å². The highest BCUT2D eigenvalue weighted by atomic mass is 16.5. The summed E-state index contributed by atoms with van der Waals surface area (Å²) in [5.41, 5.74) is 0.944. The molecule has 0 radical (unpaired) electrons. The zero-order valence-corrected chi connectivity index (χ0v) is 6.36. The second-order valence-corrected chi connectivity index (χ2v) is 2.50. The van der Waals surface area contributed by atoms with Crippen LogP contribution in [0.1, 0.15) is 5.56 Å². The number of benzene rings is 1. The summed E-state index contributed by atoms with van der Waals surface area (Å²) >= 11 is 0. The number of hydrogen-bond acceptors (Lipinski definition) is 3. The fourth-order valence-corrected chi connectivity index (χ4v) is 1.09. The molecule has 3 heteroatoms. The van der Waals surface area contributed by atoms with E-state index in [9.17, 15) is 4.79 Å². The van der Waals surface area contributed by atoms with Crippen LogP contribution in [0.2, 0.25) is 0 Å². The lowest BCUT2D eigenvalue weighted by atomic mass is 10.2. The summed E-state index contributed by atoms with van der Waals surface area (Å²) in [6.07, 6.45) is 1.21. The predicted molar refractivity (Wildman–Crippen MR) is 44.3 cm³/mol. The van der Waals surface area contributed by atoms with Gasteiger partial charge < -0.3 is 4.74 Å². The first-order chi connectivity index (χ1) is 5.86. The SMILES string of the molecule is O=C1C=NCc2ccccc2O1. The summed E-state index contributed by atoms with van der Waals surface area (Å²) in [6.45, 7) is 0.516. The van der Waals surface area contributed by atoms with Gasteiger partial charge in [0.2, 0.25) is 0 Å². The number of hydrogen-bond donors (Lipinski definition) is 0. The lowest BCUT2D eigenvalue weighted by molar-refractivity contribution is -0.126. The van der Waals surface area contributed by atoms with Gasteiger partial charge in [0.15, 0.2) is 0 Å². The van der Waals surface area contributed by atoms with E-state index >= 15 is 0 Å². The molecule has 12 heavy (non-hydrogen) atoms. The van der Waals surface area contributed by atoms with Gasteiger partial charge in [-0.25, -0.2) is 4.79 Å². The fraction of sp³-hybridized carbons (Fsp3) is 0.111. The predicted octanol–water partition coefficient (Wildman–Crippen LogP) is 1.18. The highest BCUT2D eigenvalue weighted by Gasteiger charge is 2.09. The van der Waals surface area contributed by atoms with Crippen LogP contribution in [0.4, 0.5) is 0 Å². The summed E-state index contributed by atoms with van der Waals surface area (Å²) < 4.78 is 4.97. The van der Waals surface area contributed by atoms with Crippen LogP contribution in [0.5, 0.6) is 5.75 Å². The van der Waals surface area contributed by atoms with Gasteiger partial charge in [0.05, 0.1) is 6.54 Å². The van der Waals surface area contributed by atoms with Crippen LogP contribution in [0.3, 0.4) is 0 Å². The smallest absolute Gasteiger partial charge is 0.354 e. The Morgan fingerprint density at radius 2 is 2.17 bits per heavy atom. The zero-order chi connectivity index (χ0) is 8.39. The maximum atomic E-state index is 10.9. The number of fused-ring (bicyclic) bond motifs is 1. The summed E-state index contributed by atoms with van der Waals surface area (Å²) in [7, 11) is 0. The molecule has 1 aromatic carbocycles. The molecule has 1 aliphatic heterocycles. The third kappa shape index (κ3) is 1.21. The number of rotatable bonds is 0. The molecule has 0 amide bonds. The summed E-state index contributed by atoms with van der Waals surface area (Å²) in [6, 6.07) is 7.39. The van der Waals surface area contributed by atoms with Gasteiger partial charge in [-0.05, 0) is 6.07 Å². The molecule has 0 N–H and O–H groups in total. The van der Waals surface area contributed by atoms with Crippen molar-refractivity contribution < 1.29 is 9.53 Å². The van der Waals surface area contributed by atoms with Gasteiger partial charge in [0.25, 0.3) is 0 Å². The van der Waals surface area contributed by atoms with E-state index in [2.05, 4.69) is 4.99 Å². The molecule has 0 atom stereocenters. The van der Waals surface area contributed by atoms with Crippen molar-refractivity contribution in [2.75, 3.05) is 0 Å². The molecule has 0 saturated heterocycles. The largest absolute Gasteiger partial charge is 0.422 e. The Bertz CT molecular complexity index is 344. The number of para-hydroxylation sites is 1. The minimum atomic E-state index is -0.403. The minimum absolute atomic E-state index is 0.403. The number of aliphatic imine (C=N–C) groups is 1. The Kier molecular flexibility index (Phi) is 1.63. The van der Waals surface area contributed by atoms with Gasteiger partial charge in [-0.3, -0.25) is 4.99 Å². The van der Waals surface area contributed by atoms with Crippen molar-refractivity contribution in [3.8, 4) is 5.75 Å². The van der Waals surface area contributed by atoms with Crippen LogP contribution >= 0.6 is 0 Å². The fourth-order valence-electron chi connectivity index (χ4n) is 1.09. The topological polar surface area (TPSA) is 38.7 Å². The molecule has 1 heterocycles. The first-order valence-corrected chi connectivity index (χ1v) is 3.66. The van der Waals surface area contributed by atoms with Crippen molar-refractivity contribution in [1.29, 1.82) is 0 Å². The van der Waals surface area contributed by atoms with Crippen LogP contribution in [-0.2, 0) is 11.3 Å². The Labute approximate surface area is 69.7 Å². The van der Waals surface area contributed by atoms with E-state index < -0.39 is 5.97 Å². The molecule has 1 aliphatic rings. The number of ether oxygens (including phenoxy) is 1. The molecule has 2 rings (SSSR count). The molecular weight excluding hydrogens is 154 g/mol. The van der Waals surface area contributed by atoms with Crippen molar-refractivity contribution in [3.63, 3.8) is 0 Å². The third-order valence-corrected chi connectivity index (χ3v) is 1.64. The monoisotopic (exact) mass is 161 g/mol. The minimum Gasteiger partial charge on any atom is -0.422 e. The van der Waals surface area contributed by atoms with E-state index in [4.69, 9.17) is 4.74 Å². The van der Waals surface area contributed by atoms with Gasteiger partial charge in [-0.2, -0.15) is 0 Å². The van der Waals surface area contributed by atoms with E-state index in [0.29, 0.717) is 12.3 Å². The second-order valence-electron chi connectivity index (χ2n) is 2.50. The van der Waals surface area contributed by atoms with Gasteiger partial charge in [-0.15, -0.1) is 0 Å². The summed E-state index contributed by atoms with van der Waals surface area (Å²) in [4.78, 5) is 14.8. The van der Waals surface area contributed by atoms with Crippen LogP contribution in [-0.4, -0.2) is 12.2 Å². The average molecular weight is 161 g/mol. The molecule has 60 valence electrons. The molecule has 0 unspecified atom stereocenters. The Balaban J connectivity index is 2.44. The zero-order valence-electron chi connectivity index (χ0n) is 6.36. The quantitative estimate of drug-likeness (QED) is 0.423. The maximum Gasteiger partial charge on any atom is 0.354 e. The average Bonchev–Trinajstić information content (AvgIpc) is 2.25. The van der Waals surface area contributed by atoms with Crippen LogP contribution < -0.4 is 4.74 Å². The molecule has 0 spiro atoms. The maximum absolute atomic E-state index is 10.9. The van der Waals surface area contributed by atoms with Crippen molar-refractivity contribution in [1.82, 2.24) is 0 Å². The van der Waals surface area contributed by atoms with E-state index in [1.807, 2.05) is 18.2 Å². The summed E-state index contributed by atoms with van der Waals surface area (Å²) in [5, 5.41) is 0. The van der Waals surface area contributed by atoms with E-state index in [1.165, 1.54) is 6.21 Å². The van der Waals surface area contributed by atoms with Crippen molar-refractivity contribution in [2.24, 2.45) is 4.99 Å². The van der Waals surface area contributed by atoms with E-state index in [1.54, 1.807) is 6.07 Å². The molecule has 3 nitrogen and oxygen atoms in total. The van der Waals surface area contributed by atoms with Crippen molar-refractivity contribution >= 4 is 12.2 Å². The molecule has 0 aliphatic carbocycles. The number of carbonyl (C=O) groups is 1. The standard InChI is InChI=1S/C9H7NO2/c11-9-6-10-5-7-3-1-2-4-8(7)12-9/h1-4,6H,5H2. The highest BCUT2D eigenvalue weighted by Crippen LogP contribution is 2.19. The molecule has 1 aromatic rings. The Morgan fingerprint density at radius 1 is 1.33 bits per heavy atom. The molecule has 0 bridgehead atoms. The molecule has 0 aromatic heterocycles. The molecular formula is C9H7NO2. The number of nitrogens with zero attached hydrogens (tertiary/aromatic N) is 1. The third-order valence-electron chi connectivity index (χ3n) is 1.64. The molecule has 0 fully saturated rings. The van der Waals surface area contributed by atoms with Crippen LogP contribution in [0, 0.1) is 0 Å². The first kappa shape index (κ1) is 7.03. The Hall–Kier alpha value is -1.64. The van der Waals surface area contributed by atoms with E-state index in [-0.39, 0.29) is 0 Å². The van der Waals surface area contributed by atoms with Gasteiger partial charge >= 0.3 is 5.97 Å². The number of carbonyl (C=O) groups excluding carboxylic acids is 1. The van der Waals surface area contributed by atoms with Crippen LogP contribution in [0.15, 0.2) is 29.3 Å². The highest BCUT2D eigenvalue weighted by molar-refractivity contribution is 6.24. The van der Waals surface area contributed by atoms with Crippen molar-refractivity contribution in [3.05, 3.63) is 29.8 Å². The molecule has 0 saturated carbocycles. The van der Waals surface area contributed by atoms with Crippen LogP contribution in [0.25, 0.3) is 0 Å². The van der Waals surface area contributed by atoms with Gasteiger partial charge in [0, 0.05) is 5.56 Å².